The van der Waals surface area contributed by atoms with E-state index in [0.29, 0.717) is 30.0 Å². The predicted octanol–water partition coefficient (Wildman–Crippen LogP) is 5.57. The number of esters is 1. The van der Waals surface area contributed by atoms with Gasteiger partial charge in [0.05, 0.1) is 13.2 Å². The van der Waals surface area contributed by atoms with Crippen LogP contribution in [0.15, 0.2) is 11.6 Å². The molecule has 4 rings (SSSR count). The summed E-state index contributed by atoms with van der Waals surface area (Å²) in [5.41, 5.74) is 1.84. The zero-order valence-electron chi connectivity index (χ0n) is 21.5. The number of methoxy groups -OCH3 is 2. The third-order valence-corrected chi connectivity index (χ3v) is 10.4. The van der Waals surface area contributed by atoms with Crippen LogP contribution >= 0.6 is 0 Å². The number of hydrogen-bond acceptors (Lipinski definition) is 5. The molecule has 3 saturated carbocycles. The smallest absolute Gasteiger partial charge is 0.374 e. The second-order valence-electron chi connectivity index (χ2n) is 12.1. The molecule has 0 aromatic carbocycles. The Labute approximate surface area is 200 Å². The van der Waals surface area contributed by atoms with Gasteiger partial charge < -0.3 is 14.2 Å². The SMILES string of the molecule is COCOC1C[C@@H]2C[C@H](C)CC[C@]2(C)C2CC[C@]3(C)C([C@H](C)CC(=O)C(=O)OC)=CC[C@H]3C12. The second kappa shape index (κ2) is 9.45. The van der Waals surface area contributed by atoms with Gasteiger partial charge >= 0.3 is 5.97 Å². The van der Waals surface area contributed by atoms with Crippen LogP contribution in [0.25, 0.3) is 0 Å². The molecular formula is C28H44O5. The molecule has 4 aliphatic carbocycles. The lowest BCUT2D eigenvalue weighted by atomic mass is 9.43. The normalized spacial score (nSPS) is 43.0. The number of hydrogen-bond donors (Lipinski definition) is 0. The molecule has 0 aliphatic heterocycles. The van der Waals surface area contributed by atoms with Crippen molar-refractivity contribution in [1.82, 2.24) is 0 Å². The maximum atomic E-state index is 12.3. The van der Waals surface area contributed by atoms with E-state index in [1.54, 1.807) is 7.11 Å². The fourth-order valence-electron chi connectivity index (χ4n) is 8.70. The maximum absolute atomic E-state index is 12.3. The van der Waals surface area contributed by atoms with Crippen LogP contribution in [0.5, 0.6) is 0 Å². The molecule has 0 bridgehead atoms. The lowest BCUT2D eigenvalue weighted by molar-refractivity contribution is -0.199. The molecule has 9 atom stereocenters. The Morgan fingerprint density at radius 2 is 1.88 bits per heavy atom. The van der Waals surface area contributed by atoms with Crippen molar-refractivity contribution in [2.24, 2.45) is 46.3 Å². The number of ether oxygens (including phenoxy) is 3. The molecule has 3 unspecified atom stereocenters. The van der Waals surface area contributed by atoms with Crippen LogP contribution < -0.4 is 0 Å². The number of carbonyl (C=O) groups excluding carboxylic acids is 2. The van der Waals surface area contributed by atoms with E-state index in [0.717, 1.165) is 31.1 Å². The first-order valence-electron chi connectivity index (χ1n) is 13.1. The van der Waals surface area contributed by atoms with E-state index >= 15 is 0 Å². The zero-order chi connectivity index (χ0) is 24.0. The van der Waals surface area contributed by atoms with E-state index in [2.05, 4.69) is 38.5 Å². The molecule has 0 N–H and O–H groups in total. The highest BCUT2D eigenvalue weighted by Gasteiger charge is 2.61. The molecule has 186 valence electrons. The molecule has 0 saturated heterocycles. The molecule has 0 aromatic heterocycles. The largest absolute Gasteiger partial charge is 0.463 e. The van der Waals surface area contributed by atoms with Gasteiger partial charge in [0.2, 0.25) is 5.78 Å². The van der Waals surface area contributed by atoms with Crippen molar-refractivity contribution < 1.29 is 23.8 Å². The number of allylic oxidation sites excluding steroid dienone is 2. The first kappa shape index (κ1) is 24.9. The Morgan fingerprint density at radius 1 is 1.12 bits per heavy atom. The summed E-state index contributed by atoms with van der Waals surface area (Å²) in [6.07, 6.45) is 11.5. The van der Waals surface area contributed by atoms with Crippen LogP contribution in [-0.4, -0.2) is 38.9 Å². The first-order chi connectivity index (χ1) is 15.7. The average Bonchev–Trinajstić information content (AvgIpc) is 3.14. The average molecular weight is 461 g/mol. The maximum Gasteiger partial charge on any atom is 0.374 e. The number of carbonyl (C=O) groups is 2. The van der Waals surface area contributed by atoms with Gasteiger partial charge in [0.1, 0.15) is 6.79 Å². The van der Waals surface area contributed by atoms with Crippen molar-refractivity contribution in [3.05, 3.63) is 11.6 Å². The van der Waals surface area contributed by atoms with Gasteiger partial charge in [-0.05, 0) is 84.9 Å². The van der Waals surface area contributed by atoms with Gasteiger partial charge in [-0.2, -0.15) is 0 Å². The minimum Gasteiger partial charge on any atom is -0.463 e. The fraction of sp³-hybridized carbons (Fsp3) is 0.857. The number of ketones is 1. The first-order valence-corrected chi connectivity index (χ1v) is 13.1. The minimum absolute atomic E-state index is 0.0592. The molecule has 0 amide bonds. The zero-order valence-corrected chi connectivity index (χ0v) is 21.5. The predicted molar refractivity (Wildman–Crippen MR) is 127 cm³/mol. The third-order valence-electron chi connectivity index (χ3n) is 10.4. The Morgan fingerprint density at radius 3 is 2.58 bits per heavy atom. The van der Waals surface area contributed by atoms with Crippen LogP contribution in [0.1, 0.15) is 79.1 Å². The van der Waals surface area contributed by atoms with Gasteiger partial charge in [0.25, 0.3) is 0 Å². The molecule has 33 heavy (non-hydrogen) atoms. The summed E-state index contributed by atoms with van der Waals surface area (Å²) in [4.78, 5) is 24.0. The van der Waals surface area contributed by atoms with Gasteiger partial charge in [-0.1, -0.05) is 45.8 Å². The Bertz CT molecular complexity index is 789. The standard InChI is InChI=1S/C28H44O5/c1-17-9-11-27(3)19(13-17)15-24(33-16-31-5)25-21-8-7-20(28(21,4)12-10-22(25)27)18(2)14-23(29)26(30)32-6/h7,17-19,21-22,24-25H,8-16H2,1-6H3/t17-,18-,19+,21+,22?,24?,25?,27+,28-/m1/s1. The highest BCUT2D eigenvalue weighted by molar-refractivity contribution is 6.33. The summed E-state index contributed by atoms with van der Waals surface area (Å²) in [5, 5.41) is 0. The van der Waals surface area contributed by atoms with E-state index < -0.39 is 11.8 Å². The lowest BCUT2D eigenvalue weighted by Crippen LogP contribution is -2.58. The Balaban J connectivity index is 1.59. The van der Waals surface area contributed by atoms with Crippen molar-refractivity contribution in [3.63, 3.8) is 0 Å². The van der Waals surface area contributed by atoms with E-state index in [1.807, 2.05) is 0 Å². The lowest BCUT2D eigenvalue weighted by Gasteiger charge is -2.63. The van der Waals surface area contributed by atoms with Gasteiger partial charge in [0, 0.05) is 13.5 Å². The Kier molecular flexibility index (Phi) is 7.13. The fourth-order valence-corrected chi connectivity index (χ4v) is 8.70. The summed E-state index contributed by atoms with van der Waals surface area (Å²) in [5.74, 6) is 2.19. The van der Waals surface area contributed by atoms with E-state index in [1.165, 1.54) is 38.4 Å². The highest BCUT2D eigenvalue weighted by atomic mass is 16.7. The van der Waals surface area contributed by atoms with E-state index in [9.17, 15) is 9.59 Å². The molecule has 0 aromatic rings. The quantitative estimate of drug-likeness (QED) is 0.215. The van der Waals surface area contributed by atoms with E-state index in [-0.39, 0.29) is 23.9 Å². The van der Waals surface area contributed by atoms with Gasteiger partial charge in [0.15, 0.2) is 0 Å². The van der Waals surface area contributed by atoms with E-state index in [4.69, 9.17) is 9.47 Å². The summed E-state index contributed by atoms with van der Waals surface area (Å²) < 4.78 is 16.5. The van der Waals surface area contributed by atoms with Crippen molar-refractivity contribution in [1.29, 1.82) is 0 Å². The molecule has 5 nitrogen and oxygen atoms in total. The van der Waals surface area contributed by atoms with Crippen LogP contribution in [0.4, 0.5) is 0 Å². The molecule has 0 heterocycles. The van der Waals surface area contributed by atoms with Gasteiger partial charge in [-0.15, -0.1) is 0 Å². The third kappa shape index (κ3) is 4.22. The minimum atomic E-state index is -0.725. The summed E-state index contributed by atoms with van der Waals surface area (Å²) in [6.45, 7) is 9.87. The van der Waals surface area contributed by atoms with Crippen LogP contribution in [0.2, 0.25) is 0 Å². The summed E-state index contributed by atoms with van der Waals surface area (Å²) in [6, 6.07) is 0. The molecule has 5 heteroatoms. The van der Waals surface area contributed by atoms with Crippen molar-refractivity contribution in [2.45, 2.75) is 85.2 Å². The Hall–Kier alpha value is -1.20. The molecular weight excluding hydrogens is 416 g/mol. The monoisotopic (exact) mass is 460 g/mol. The summed E-state index contributed by atoms with van der Waals surface area (Å²) >= 11 is 0. The molecule has 3 fully saturated rings. The number of Topliss-reactive ketones (excluding diaryl/α,β-unsaturated/α-hetero) is 1. The van der Waals surface area contributed by atoms with Crippen LogP contribution in [0, 0.1) is 46.3 Å². The summed E-state index contributed by atoms with van der Waals surface area (Å²) in [7, 11) is 2.99. The van der Waals surface area contributed by atoms with Crippen molar-refractivity contribution in [3.8, 4) is 0 Å². The van der Waals surface area contributed by atoms with Crippen molar-refractivity contribution >= 4 is 11.8 Å². The molecule has 4 aliphatic rings. The van der Waals surface area contributed by atoms with Crippen molar-refractivity contribution in [2.75, 3.05) is 21.0 Å². The number of fused-ring (bicyclic) bond motifs is 5. The van der Waals surface area contributed by atoms with Gasteiger partial charge in [-0.25, -0.2) is 4.79 Å². The number of rotatable bonds is 7. The second-order valence-corrected chi connectivity index (χ2v) is 12.1. The van der Waals surface area contributed by atoms with Gasteiger partial charge in [-0.3, -0.25) is 4.79 Å². The highest BCUT2D eigenvalue weighted by Crippen LogP contribution is 2.67. The molecule has 0 spiro atoms. The van der Waals surface area contributed by atoms with Crippen LogP contribution in [0.3, 0.4) is 0 Å². The molecule has 0 radical (unpaired) electrons. The topological polar surface area (TPSA) is 61.8 Å². The van der Waals surface area contributed by atoms with Crippen LogP contribution in [-0.2, 0) is 23.8 Å².